The van der Waals surface area contributed by atoms with Crippen molar-refractivity contribution in [3.63, 3.8) is 0 Å². The average molecular weight is 527 g/mol. The number of nitrogens with one attached hydrogen (secondary N) is 1. The topological polar surface area (TPSA) is 118 Å². The number of anilines is 2. The summed E-state index contributed by atoms with van der Waals surface area (Å²) in [6, 6.07) is 9.21. The van der Waals surface area contributed by atoms with Gasteiger partial charge in [0, 0.05) is 22.2 Å². The molecule has 0 bridgehead atoms. The number of hydrogen-bond donors (Lipinski definition) is 3. The number of benzene rings is 3. The first-order valence-electron chi connectivity index (χ1n) is 11.5. The quantitative estimate of drug-likeness (QED) is 0.324. The van der Waals surface area contributed by atoms with Crippen LogP contribution in [0.25, 0.3) is 22.0 Å². The highest BCUT2D eigenvalue weighted by Crippen LogP contribution is 2.39. The second kappa shape index (κ2) is 8.99. The minimum absolute atomic E-state index is 0.0144. The monoisotopic (exact) mass is 526 g/mol. The van der Waals surface area contributed by atoms with Crippen LogP contribution in [0.4, 0.5) is 16.0 Å². The van der Waals surface area contributed by atoms with Gasteiger partial charge in [0.1, 0.15) is 5.82 Å². The van der Waals surface area contributed by atoms with Crippen LogP contribution in [-0.2, 0) is 22.9 Å². The molecule has 4 N–H and O–H groups in total. The van der Waals surface area contributed by atoms with E-state index in [0.29, 0.717) is 52.4 Å². The minimum atomic E-state index is -4.07. The summed E-state index contributed by atoms with van der Waals surface area (Å²) in [5.41, 5.74) is 9.90. The molecule has 1 aromatic heterocycles. The number of aliphatic hydroxyl groups excluding tert-OH is 1. The lowest BCUT2D eigenvalue weighted by molar-refractivity contribution is 0.180. The van der Waals surface area contributed by atoms with E-state index in [-0.39, 0.29) is 27.1 Å². The van der Waals surface area contributed by atoms with Crippen molar-refractivity contribution in [1.82, 2.24) is 9.97 Å². The van der Waals surface area contributed by atoms with E-state index in [1.807, 2.05) is 13.0 Å². The molecule has 1 aliphatic rings. The molecule has 0 unspecified atom stereocenters. The fraction of sp³-hybridized carbons (Fsp3) is 0.231. The summed E-state index contributed by atoms with van der Waals surface area (Å²) in [4.78, 5) is 8.39. The van der Waals surface area contributed by atoms with Crippen LogP contribution in [0.1, 0.15) is 41.7 Å². The van der Waals surface area contributed by atoms with Gasteiger partial charge in [0.05, 0.1) is 22.2 Å². The van der Waals surface area contributed by atoms with Crippen LogP contribution in [-0.4, -0.2) is 23.5 Å². The second-order valence-corrected chi connectivity index (χ2v) is 11.0. The Kier molecular flexibility index (Phi) is 6.10. The van der Waals surface area contributed by atoms with Gasteiger partial charge in [-0.2, -0.15) is 0 Å². The first-order valence-corrected chi connectivity index (χ1v) is 13.3. The van der Waals surface area contributed by atoms with Crippen molar-refractivity contribution in [2.24, 2.45) is 0 Å². The number of hydrogen-bond acceptors (Lipinski definition) is 6. The standard InChI is InChI=1S/C26H24ClFN4O3S/c1-3-14-8-15(9-16-12-30-26(29)31-25(14)16)24-13(2)21(6-5-20(24)28)32-36(34,35)23-11-17(27)10-19-18(23)4-7-22(19)33/h5-6,8-12,22,32-33H,3-4,7H2,1-2H3,(H2,29,30,31)/t22-/m0/s1. The number of aliphatic hydroxyl groups is 1. The zero-order valence-electron chi connectivity index (χ0n) is 19.6. The van der Waals surface area contributed by atoms with Gasteiger partial charge >= 0.3 is 0 Å². The maximum absolute atomic E-state index is 15.2. The third-order valence-electron chi connectivity index (χ3n) is 6.63. The van der Waals surface area contributed by atoms with Crippen LogP contribution < -0.4 is 10.5 Å². The van der Waals surface area contributed by atoms with E-state index in [9.17, 15) is 13.5 Å². The van der Waals surface area contributed by atoms with Gasteiger partial charge in [-0.15, -0.1) is 0 Å². The van der Waals surface area contributed by atoms with Crippen molar-refractivity contribution >= 4 is 44.2 Å². The Balaban J connectivity index is 1.61. The lowest BCUT2D eigenvalue weighted by atomic mass is 9.94. The number of nitrogens with two attached hydrogens (primary N) is 1. The first-order chi connectivity index (χ1) is 17.1. The molecular formula is C26H24ClFN4O3S. The SMILES string of the molecule is CCc1cc(-c2c(F)ccc(NS(=O)(=O)c3cc(Cl)cc4c3CC[C@@H]4O)c2C)cc2cnc(N)nc12. The Morgan fingerprint density at radius 2 is 2.03 bits per heavy atom. The maximum atomic E-state index is 15.2. The summed E-state index contributed by atoms with van der Waals surface area (Å²) < 4.78 is 44.7. The van der Waals surface area contributed by atoms with Crippen LogP contribution in [0.2, 0.25) is 5.02 Å². The molecule has 1 heterocycles. The zero-order valence-corrected chi connectivity index (χ0v) is 21.2. The maximum Gasteiger partial charge on any atom is 0.262 e. The molecule has 0 spiro atoms. The van der Waals surface area contributed by atoms with Crippen molar-refractivity contribution in [2.75, 3.05) is 10.5 Å². The summed E-state index contributed by atoms with van der Waals surface area (Å²) >= 11 is 6.18. The normalized spacial score (nSPS) is 15.3. The number of rotatable bonds is 5. The molecule has 0 amide bonds. The number of aryl methyl sites for hydroxylation is 1. The van der Waals surface area contributed by atoms with Gasteiger partial charge in [0.25, 0.3) is 10.0 Å². The highest BCUT2D eigenvalue weighted by atomic mass is 35.5. The number of fused-ring (bicyclic) bond motifs is 2. The van der Waals surface area contributed by atoms with Crippen molar-refractivity contribution < 1.29 is 17.9 Å². The first kappa shape index (κ1) is 24.4. The third-order valence-corrected chi connectivity index (χ3v) is 8.28. The van der Waals surface area contributed by atoms with Crippen molar-refractivity contribution in [3.8, 4) is 11.1 Å². The van der Waals surface area contributed by atoms with Crippen LogP contribution in [0.3, 0.4) is 0 Å². The van der Waals surface area contributed by atoms with Gasteiger partial charge < -0.3 is 10.8 Å². The van der Waals surface area contributed by atoms with Crippen LogP contribution in [0.5, 0.6) is 0 Å². The molecule has 4 aromatic rings. The molecule has 186 valence electrons. The van der Waals surface area contributed by atoms with Gasteiger partial charge in [-0.3, -0.25) is 4.72 Å². The van der Waals surface area contributed by atoms with Gasteiger partial charge in [0.2, 0.25) is 5.95 Å². The Morgan fingerprint density at radius 1 is 1.25 bits per heavy atom. The molecule has 0 fully saturated rings. The predicted octanol–water partition coefficient (Wildman–Crippen LogP) is 5.32. The van der Waals surface area contributed by atoms with Gasteiger partial charge in [-0.05, 0) is 90.4 Å². The van der Waals surface area contributed by atoms with E-state index < -0.39 is 21.9 Å². The van der Waals surface area contributed by atoms with E-state index >= 15 is 4.39 Å². The zero-order chi connectivity index (χ0) is 25.8. The minimum Gasteiger partial charge on any atom is -0.388 e. The number of sulfonamides is 1. The molecule has 10 heteroatoms. The van der Waals surface area contributed by atoms with E-state index in [1.165, 1.54) is 18.2 Å². The molecule has 0 aliphatic heterocycles. The van der Waals surface area contributed by atoms with E-state index in [0.717, 1.165) is 5.56 Å². The number of aromatic nitrogens is 2. The smallest absolute Gasteiger partial charge is 0.262 e. The van der Waals surface area contributed by atoms with E-state index in [2.05, 4.69) is 14.7 Å². The lowest BCUT2D eigenvalue weighted by Gasteiger charge is -2.18. The van der Waals surface area contributed by atoms with Crippen LogP contribution >= 0.6 is 11.6 Å². The molecular weight excluding hydrogens is 503 g/mol. The summed E-state index contributed by atoms with van der Waals surface area (Å²) in [7, 11) is -4.07. The van der Waals surface area contributed by atoms with Crippen LogP contribution in [0.15, 0.2) is 47.5 Å². The van der Waals surface area contributed by atoms with Crippen molar-refractivity contribution in [3.05, 3.63) is 75.7 Å². The van der Waals surface area contributed by atoms with Gasteiger partial charge in [-0.1, -0.05) is 18.5 Å². The Labute approximate surface area is 213 Å². The molecule has 7 nitrogen and oxygen atoms in total. The third kappa shape index (κ3) is 4.17. The lowest BCUT2D eigenvalue weighted by Crippen LogP contribution is -2.16. The predicted molar refractivity (Wildman–Crippen MR) is 139 cm³/mol. The summed E-state index contributed by atoms with van der Waals surface area (Å²) in [6.07, 6.45) is 2.32. The Morgan fingerprint density at radius 3 is 2.78 bits per heavy atom. The molecule has 5 rings (SSSR count). The van der Waals surface area contributed by atoms with E-state index in [4.69, 9.17) is 17.3 Å². The summed E-state index contributed by atoms with van der Waals surface area (Å²) in [5, 5.41) is 11.1. The fourth-order valence-corrected chi connectivity index (χ4v) is 6.60. The van der Waals surface area contributed by atoms with E-state index in [1.54, 1.807) is 25.3 Å². The average Bonchev–Trinajstić information content (AvgIpc) is 3.20. The summed E-state index contributed by atoms with van der Waals surface area (Å²) in [5.74, 6) is -0.330. The Bertz CT molecular complexity index is 1640. The molecule has 1 atom stereocenters. The number of nitrogen functional groups attached to an aromatic ring is 1. The van der Waals surface area contributed by atoms with Gasteiger partial charge in [0.15, 0.2) is 0 Å². The summed E-state index contributed by atoms with van der Waals surface area (Å²) in [6.45, 7) is 3.63. The van der Waals surface area contributed by atoms with Crippen LogP contribution in [0, 0.1) is 12.7 Å². The number of nitrogens with zero attached hydrogens (tertiary/aromatic N) is 2. The molecule has 0 saturated heterocycles. The van der Waals surface area contributed by atoms with Crippen molar-refractivity contribution in [2.45, 2.75) is 44.1 Å². The molecule has 3 aromatic carbocycles. The Hall–Kier alpha value is -3.27. The number of halogens is 2. The largest absolute Gasteiger partial charge is 0.388 e. The second-order valence-electron chi connectivity index (χ2n) is 8.88. The highest BCUT2D eigenvalue weighted by Gasteiger charge is 2.30. The van der Waals surface area contributed by atoms with Gasteiger partial charge in [-0.25, -0.2) is 22.8 Å². The molecule has 36 heavy (non-hydrogen) atoms. The molecule has 0 radical (unpaired) electrons. The molecule has 0 saturated carbocycles. The van der Waals surface area contributed by atoms with Crippen molar-refractivity contribution in [1.29, 1.82) is 0 Å². The molecule has 1 aliphatic carbocycles. The fourth-order valence-electron chi connectivity index (χ4n) is 4.86. The highest BCUT2D eigenvalue weighted by molar-refractivity contribution is 7.92.